The van der Waals surface area contributed by atoms with Crippen LogP contribution in [0.4, 0.5) is 0 Å². The van der Waals surface area contributed by atoms with Gasteiger partial charge in [0.25, 0.3) is 0 Å². The average molecular weight is 238 g/mol. The summed E-state index contributed by atoms with van der Waals surface area (Å²) in [5, 5.41) is 18.2. The maximum Gasteiger partial charge on any atom is 0.0994 e. The van der Waals surface area contributed by atoms with Gasteiger partial charge in [0.1, 0.15) is 0 Å². The topological polar surface area (TPSA) is 77.0 Å². The highest BCUT2D eigenvalue weighted by Gasteiger charge is 2.26. The Balaban J connectivity index is 2.06. The zero-order chi connectivity index (χ0) is 12.3. The van der Waals surface area contributed by atoms with E-state index in [0.717, 1.165) is 44.2 Å². The summed E-state index contributed by atoms with van der Waals surface area (Å²) in [4.78, 5) is 0. The van der Waals surface area contributed by atoms with Crippen molar-refractivity contribution >= 4 is 0 Å². The molecule has 1 aromatic rings. The first-order valence-electron chi connectivity index (χ1n) is 6.57. The van der Waals surface area contributed by atoms with Crippen LogP contribution >= 0.6 is 0 Å². The fourth-order valence-electron chi connectivity index (χ4n) is 2.48. The first kappa shape index (κ1) is 12.5. The maximum absolute atomic E-state index is 9.95. The van der Waals surface area contributed by atoms with Crippen molar-refractivity contribution in [3.05, 3.63) is 11.9 Å². The molecule has 0 saturated heterocycles. The molecular formula is C12H22N4O. The van der Waals surface area contributed by atoms with Gasteiger partial charge in [-0.1, -0.05) is 31.4 Å². The molecule has 0 aromatic carbocycles. The van der Waals surface area contributed by atoms with E-state index < -0.39 is 0 Å². The summed E-state index contributed by atoms with van der Waals surface area (Å²) in [5.74, 6) is 0. The van der Waals surface area contributed by atoms with Gasteiger partial charge >= 0.3 is 0 Å². The van der Waals surface area contributed by atoms with Crippen LogP contribution in [0.1, 0.15) is 63.2 Å². The summed E-state index contributed by atoms with van der Waals surface area (Å²) in [5.41, 5.74) is 6.84. The molecule has 1 fully saturated rings. The molecule has 5 heteroatoms. The molecule has 3 N–H and O–H groups in total. The molecule has 0 amide bonds. The molecule has 1 saturated carbocycles. The van der Waals surface area contributed by atoms with Gasteiger partial charge in [-0.25, -0.2) is 4.68 Å². The third-order valence-electron chi connectivity index (χ3n) is 3.54. The largest absolute Gasteiger partial charge is 0.391 e. The number of nitrogens with two attached hydrogens (primary N) is 1. The summed E-state index contributed by atoms with van der Waals surface area (Å²) in [6.45, 7) is 2.11. The Morgan fingerprint density at radius 2 is 2.29 bits per heavy atom. The summed E-state index contributed by atoms with van der Waals surface area (Å²) in [7, 11) is 0. The maximum atomic E-state index is 9.95. The summed E-state index contributed by atoms with van der Waals surface area (Å²) in [6, 6.07) is 0.0494. The van der Waals surface area contributed by atoms with Crippen molar-refractivity contribution < 1.29 is 5.11 Å². The van der Waals surface area contributed by atoms with Crippen molar-refractivity contribution in [2.45, 2.75) is 63.6 Å². The van der Waals surface area contributed by atoms with Gasteiger partial charge in [-0.15, -0.1) is 5.10 Å². The van der Waals surface area contributed by atoms with E-state index >= 15 is 0 Å². The Hall–Kier alpha value is -0.940. The molecular weight excluding hydrogens is 216 g/mol. The van der Waals surface area contributed by atoms with Crippen LogP contribution in [0.3, 0.4) is 0 Å². The number of aromatic nitrogens is 3. The standard InChI is InChI=1S/C12H22N4O/c1-2-5-9(13)10-8-16(15-14-10)11-6-3-4-7-12(11)17/h8-9,11-12,17H,2-7,13H2,1H3. The molecule has 3 atom stereocenters. The second kappa shape index (κ2) is 5.60. The van der Waals surface area contributed by atoms with Gasteiger partial charge < -0.3 is 10.8 Å². The van der Waals surface area contributed by atoms with Crippen molar-refractivity contribution in [2.24, 2.45) is 5.73 Å². The zero-order valence-electron chi connectivity index (χ0n) is 10.4. The molecule has 1 heterocycles. The fourth-order valence-corrected chi connectivity index (χ4v) is 2.48. The van der Waals surface area contributed by atoms with Crippen LogP contribution < -0.4 is 5.73 Å². The quantitative estimate of drug-likeness (QED) is 0.834. The zero-order valence-corrected chi connectivity index (χ0v) is 10.4. The van der Waals surface area contributed by atoms with E-state index in [2.05, 4.69) is 17.2 Å². The normalized spacial score (nSPS) is 27.0. The number of rotatable bonds is 4. The third kappa shape index (κ3) is 2.84. The average Bonchev–Trinajstić information content (AvgIpc) is 2.79. The lowest BCUT2D eigenvalue weighted by molar-refractivity contribution is 0.0685. The van der Waals surface area contributed by atoms with Gasteiger partial charge in [-0.3, -0.25) is 0 Å². The molecule has 0 aliphatic heterocycles. The van der Waals surface area contributed by atoms with Gasteiger partial charge in [0.05, 0.1) is 30.1 Å². The van der Waals surface area contributed by atoms with Crippen LogP contribution in [0.5, 0.6) is 0 Å². The van der Waals surface area contributed by atoms with Crippen LogP contribution in [0, 0.1) is 0 Å². The van der Waals surface area contributed by atoms with E-state index in [1.54, 1.807) is 4.68 Å². The molecule has 5 nitrogen and oxygen atoms in total. The fraction of sp³-hybridized carbons (Fsp3) is 0.833. The van der Waals surface area contributed by atoms with Gasteiger partial charge in [-0.05, 0) is 19.3 Å². The highest BCUT2D eigenvalue weighted by molar-refractivity contribution is 5.00. The van der Waals surface area contributed by atoms with E-state index in [4.69, 9.17) is 5.73 Å². The lowest BCUT2D eigenvalue weighted by Gasteiger charge is -2.27. The summed E-state index contributed by atoms with van der Waals surface area (Å²) < 4.78 is 1.80. The monoisotopic (exact) mass is 238 g/mol. The van der Waals surface area contributed by atoms with Crippen molar-refractivity contribution in [1.29, 1.82) is 0 Å². The SMILES string of the molecule is CCCC(N)c1cn(C2CCCCC2O)nn1. The van der Waals surface area contributed by atoms with Crippen LogP contribution in [-0.4, -0.2) is 26.2 Å². The van der Waals surface area contributed by atoms with Gasteiger partial charge in [0, 0.05) is 0 Å². The smallest absolute Gasteiger partial charge is 0.0994 e. The first-order valence-corrected chi connectivity index (χ1v) is 6.57. The van der Waals surface area contributed by atoms with Crippen LogP contribution in [0.25, 0.3) is 0 Å². The minimum atomic E-state index is -0.291. The third-order valence-corrected chi connectivity index (χ3v) is 3.54. The Bertz CT molecular complexity index is 352. The highest BCUT2D eigenvalue weighted by Crippen LogP contribution is 2.28. The molecule has 17 heavy (non-hydrogen) atoms. The molecule has 0 radical (unpaired) electrons. The molecule has 2 rings (SSSR count). The van der Waals surface area contributed by atoms with Crippen molar-refractivity contribution in [1.82, 2.24) is 15.0 Å². The van der Waals surface area contributed by atoms with Gasteiger partial charge in [0.2, 0.25) is 0 Å². The predicted octanol–water partition coefficient (Wildman–Crippen LogP) is 1.55. The molecule has 0 bridgehead atoms. The lowest BCUT2D eigenvalue weighted by atomic mass is 9.93. The van der Waals surface area contributed by atoms with Gasteiger partial charge in [-0.2, -0.15) is 0 Å². The molecule has 1 aromatic heterocycles. The molecule has 1 aliphatic carbocycles. The predicted molar refractivity (Wildman–Crippen MR) is 65.4 cm³/mol. The van der Waals surface area contributed by atoms with Crippen molar-refractivity contribution in [3.8, 4) is 0 Å². The Morgan fingerprint density at radius 1 is 1.53 bits per heavy atom. The van der Waals surface area contributed by atoms with E-state index in [-0.39, 0.29) is 18.2 Å². The molecule has 0 spiro atoms. The number of hydrogen-bond donors (Lipinski definition) is 2. The van der Waals surface area contributed by atoms with Crippen LogP contribution in [0.2, 0.25) is 0 Å². The van der Waals surface area contributed by atoms with E-state index in [9.17, 15) is 5.11 Å². The Morgan fingerprint density at radius 3 is 3.00 bits per heavy atom. The highest BCUT2D eigenvalue weighted by atomic mass is 16.3. The van der Waals surface area contributed by atoms with E-state index in [0.29, 0.717) is 0 Å². The number of hydrogen-bond acceptors (Lipinski definition) is 4. The minimum absolute atomic E-state index is 0.0329. The second-order valence-corrected chi connectivity index (χ2v) is 4.94. The van der Waals surface area contributed by atoms with Crippen molar-refractivity contribution in [2.75, 3.05) is 0 Å². The van der Waals surface area contributed by atoms with E-state index in [1.807, 2.05) is 6.20 Å². The summed E-state index contributed by atoms with van der Waals surface area (Å²) >= 11 is 0. The Labute approximate surface area is 102 Å². The number of aliphatic hydroxyl groups excluding tert-OH is 1. The van der Waals surface area contributed by atoms with Crippen LogP contribution in [0.15, 0.2) is 6.20 Å². The number of aliphatic hydroxyl groups is 1. The minimum Gasteiger partial charge on any atom is -0.391 e. The van der Waals surface area contributed by atoms with Crippen molar-refractivity contribution in [3.63, 3.8) is 0 Å². The van der Waals surface area contributed by atoms with Gasteiger partial charge in [0.15, 0.2) is 0 Å². The first-order chi connectivity index (χ1) is 8.22. The molecule has 3 unspecified atom stereocenters. The van der Waals surface area contributed by atoms with E-state index in [1.165, 1.54) is 0 Å². The Kier molecular flexibility index (Phi) is 4.12. The number of nitrogens with zero attached hydrogens (tertiary/aromatic N) is 3. The second-order valence-electron chi connectivity index (χ2n) is 4.94. The molecule has 96 valence electrons. The molecule has 1 aliphatic rings. The van der Waals surface area contributed by atoms with Crippen LogP contribution in [-0.2, 0) is 0 Å². The lowest BCUT2D eigenvalue weighted by Crippen LogP contribution is -2.28. The summed E-state index contributed by atoms with van der Waals surface area (Å²) in [6.07, 6.45) is 7.67.